The second-order valence-corrected chi connectivity index (χ2v) is 6.87. The van der Waals surface area contributed by atoms with E-state index in [2.05, 4.69) is 44.9 Å². The van der Waals surface area contributed by atoms with Crippen molar-refractivity contribution >= 4 is 27.5 Å². The first-order valence-corrected chi connectivity index (χ1v) is 9.01. The number of hydrogen-bond acceptors (Lipinski definition) is 2. The predicted octanol–water partition coefficient (Wildman–Crippen LogP) is 4.26. The van der Waals surface area contributed by atoms with Crippen LogP contribution in [0.15, 0.2) is 4.47 Å². The zero-order chi connectivity index (χ0) is 14.5. The molecule has 0 aromatic carbocycles. The number of hydrogen-bond donors (Lipinski definition) is 1. The van der Waals surface area contributed by atoms with Gasteiger partial charge in [-0.25, -0.2) is 0 Å². The average molecular weight is 363 g/mol. The highest BCUT2D eigenvalue weighted by molar-refractivity contribution is 9.10. The minimum atomic E-state index is 0.264. The molecular weight excluding hydrogens is 338 g/mol. The molecule has 0 saturated heterocycles. The van der Waals surface area contributed by atoms with E-state index in [1.54, 1.807) is 0 Å². The molecule has 0 bridgehead atoms. The van der Waals surface area contributed by atoms with Gasteiger partial charge in [0.25, 0.3) is 0 Å². The average Bonchev–Trinajstić information content (AvgIpc) is 2.61. The van der Waals surface area contributed by atoms with E-state index in [0.29, 0.717) is 6.04 Å². The highest BCUT2D eigenvalue weighted by atomic mass is 79.9. The molecule has 1 aromatic rings. The highest BCUT2D eigenvalue weighted by Crippen LogP contribution is 2.25. The van der Waals surface area contributed by atoms with Crippen molar-refractivity contribution in [3.63, 3.8) is 0 Å². The number of nitrogens with zero attached hydrogens (tertiary/aromatic N) is 2. The summed E-state index contributed by atoms with van der Waals surface area (Å²) >= 11 is 10.2. The van der Waals surface area contributed by atoms with E-state index >= 15 is 0 Å². The summed E-state index contributed by atoms with van der Waals surface area (Å²) in [5.74, 6) is 0. The summed E-state index contributed by atoms with van der Waals surface area (Å²) in [5, 5.41) is 8.57. The Morgan fingerprint density at radius 2 is 2.05 bits per heavy atom. The Morgan fingerprint density at radius 1 is 1.30 bits per heavy atom. The minimum Gasteiger partial charge on any atom is -0.307 e. The molecule has 1 aromatic heterocycles. The SMILES string of the molecule is CCc1nn(CC)c(CNC2CCCCCC2Cl)c1Br. The maximum absolute atomic E-state index is 6.50. The van der Waals surface area contributed by atoms with Gasteiger partial charge in [0, 0.05) is 24.5 Å². The summed E-state index contributed by atoms with van der Waals surface area (Å²) < 4.78 is 3.25. The molecule has 5 heteroatoms. The Hall–Kier alpha value is -0.0600. The van der Waals surface area contributed by atoms with Crippen LogP contribution < -0.4 is 5.32 Å². The van der Waals surface area contributed by atoms with Crippen molar-refractivity contribution < 1.29 is 0 Å². The van der Waals surface area contributed by atoms with Gasteiger partial charge in [-0.1, -0.05) is 26.2 Å². The molecule has 1 aliphatic carbocycles. The smallest absolute Gasteiger partial charge is 0.0767 e. The van der Waals surface area contributed by atoms with Gasteiger partial charge < -0.3 is 5.32 Å². The number of nitrogens with one attached hydrogen (secondary N) is 1. The van der Waals surface area contributed by atoms with Gasteiger partial charge in [0.05, 0.1) is 15.9 Å². The van der Waals surface area contributed by atoms with Gasteiger partial charge in [-0.05, 0) is 42.1 Å². The molecule has 0 aliphatic heterocycles. The predicted molar refractivity (Wildman–Crippen MR) is 88.3 cm³/mol. The number of aromatic nitrogens is 2. The van der Waals surface area contributed by atoms with Crippen LogP contribution in [-0.2, 0) is 19.5 Å². The number of halogens is 2. The summed E-state index contributed by atoms with van der Waals surface area (Å²) in [5.41, 5.74) is 2.39. The maximum Gasteiger partial charge on any atom is 0.0767 e. The van der Waals surface area contributed by atoms with Crippen LogP contribution in [-0.4, -0.2) is 21.2 Å². The fourth-order valence-electron chi connectivity index (χ4n) is 2.91. The molecule has 20 heavy (non-hydrogen) atoms. The van der Waals surface area contributed by atoms with Crippen molar-refractivity contribution in [2.45, 2.75) is 76.9 Å². The number of alkyl halides is 1. The Kier molecular flexibility index (Phi) is 6.37. The molecule has 2 atom stereocenters. The van der Waals surface area contributed by atoms with Gasteiger partial charge in [0.2, 0.25) is 0 Å². The monoisotopic (exact) mass is 361 g/mol. The van der Waals surface area contributed by atoms with E-state index < -0.39 is 0 Å². The summed E-state index contributed by atoms with van der Waals surface area (Å²) in [4.78, 5) is 0. The first-order valence-electron chi connectivity index (χ1n) is 7.78. The first-order chi connectivity index (χ1) is 9.67. The highest BCUT2D eigenvalue weighted by Gasteiger charge is 2.22. The fraction of sp³-hybridized carbons (Fsp3) is 0.800. The lowest BCUT2D eigenvalue weighted by atomic mass is 10.1. The normalized spacial score (nSPS) is 23.8. The van der Waals surface area contributed by atoms with Crippen LogP contribution in [0.4, 0.5) is 0 Å². The largest absolute Gasteiger partial charge is 0.307 e. The molecule has 0 spiro atoms. The number of rotatable bonds is 5. The van der Waals surface area contributed by atoms with Crippen molar-refractivity contribution in [3.05, 3.63) is 15.9 Å². The Morgan fingerprint density at radius 3 is 2.75 bits per heavy atom. The van der Waals surface area contributed by atoms with Gasteiger partial charge >= 0.3 is 0 Å². The molecule has 1 N–H and O–H groups in total. The summed E-state index contributed by atoms with van der Waals surface area (Å²) in [7, 11) is 0. The lowest BCUT2D eigenvalue weighted by molar-refractivity contribution is 0.450. The molecule has 1 heterocycles. The Labute approximate surface area is 135 Å². The molecule has 114 valence electrons. The second-order valence-electron chi connectivity index (χ2n) is 5.52. The van der Waals surface area contributed by atoms with Crippen LogP contribution in [0.1, 0.15) is 57.3 Å². The van der Waals surface area contributed by atoms with E-state index in [9.17, 15) is 0 Å². The van der Waals surface area contributed by atoms with E-state index in [0.717, 1.165) is 36.1 Å². The zero-order valence-electron chi connectivity index (χ0n) is 12.5. The van der Waals surface area contributed by atoms with Crippen LogP contribution in [0.5, 0.6) is 0 Å². The third-order valence-corrected chi connectivity index (χ3v) is 5.60. The summed E-state index contributed by atoms with van der Waals surface area (Å²) in [6.45, 7) is 6.03. The van der Waals surface area contributed by atoms with E-state index in [1.165, 1.54) is 31.4 Å². The van der Waals surface area contributed by atoms with Crippen LogP contribution in [0.2, 0.25) is 0 Å². The molecule has 0 amide bonds. The molecule has 1 saturated carbocycles. The minimum absolute atomic E-state index is 0.264. The third kappa shape index (κ3) is 3.77. The first kappa shape index (κ1) is 16.3. The van der Waals surface area contributed by atoms with Gasteiger partial charge in [-0.3, -0.25) is 4.68 Å². The van der Waals surface area contributed by atoms with Gasteiger partial charge in [-0.15, -0.1) is 11.6 Å². The topological polar surface area (TPSA) is 29.9 Å². The van der Waals surface area contributed by atoms with Crippen molar-refractivity contribution in [2.75, 3.05) is 0 Å². The molecule has 0 radical (unpaired) electrons. The van der Waals surface area contributed by atoms with E-state index in [1.807, 2.05) is 0 Å². The number of aryl methyl sites for hydroxylation is 2. The van der Waals surface area contributed by atoms with Crippen molar-refractivity contribution in [1.82, 2.24) is 15.1 Å². The van der Waals surface area contributed by atoms with E-state index in [4.69, 9.17) is 11.6 Å². The summed E-state index contributed by atoms with van der Waals surface area (Å²) in [6, 6.07) is 0.427. The lowest BCUT2D eigenvalue weighted by Gasteiger charge is -2.21. The lowest BCUT2D eigenvalue weighted by Crippen LogP contribution is -2.36. The fourth-order valence-corrected chi connectivity index (χ4v) is 3.98. The van der Waals surface area contributed by atoms with Crippen LogP contribution in [0.3, 0.4) is 0 Å². The van der Waals surface area contributed by atoms with Crippen molar-refractivity contribution in [2.24, 2.45) is 0 Å². The van der Waals surface area contributed by atoms with Gasteiger partial charge in [0.15, 0.2) is 0 Å². The molecule has 1 fully saturated rings. The second kappa shape index (κ2) is 7.81. The molecule has 3 nitrogen and oxygen atoms in total. The van der Waals surface area contributed by atoms with Crippen LogP contribution >= 0.6 is 27.5 Å². The van der Waals surface area contributed by atoms with Crippen molar-refractivity contribution in [3.8, 4) is 0 Å². The maximum atomic E-state index is 6.50. The quantitative estimate of drug-likeness (QED) is 0.626. The standard InChI is InChI=1S/C15H25BrClN3/c1-3-12-15(16)14(20(4-2)19-12)10-18-13-9-7-5-6-8-11(13)17/h11,13,18H,3-10H2,1-2H3. The van der Waals surface area contributed by atoms with Crippen molar-refractivity contribution in [1.29, 1.82) is 0 Å². The Bertz CT molecular complexity index is 433. The van der Waals surface area contributed by atoms with Crippen LogP contribution in [0.25, 0.3) is 0 Å². The molecule has 1 aliphatic rings. The summed E-state index contributed by atoms with van der Waals surface area (Å²) in [6.07, 6.45) is 7.15. The van der Waals surface area contributed by atoms with Gasteiger partial charge in [0.1, 0.15) is 0 Å². The molecule has 2 rings (SSSR count). The van der Waals surface area contributed by atoms with Crippen LogP contribution in [0, 0.1) is 0 Å². The van der Waals surface area contributed by atoms with Gasteiger partial charge in [-0.2, -0.15) is 5.10 Å². The molecule has 2 unspecified atom stereocenters. The molecular formula is C15H25BrClN3. The third-order valence-electron chi connectivity index (χ3n) is 4.16. The van der Waals surface area contributed by atoms with E-state index in [-0.39, 0.29) is 5.38 Å². The Balaban J connectivity index is 2.04. The zero-order valence-corrected chi connectivity index (χ0v) is 14.8.